The summed E-state index contributed by atoms with van der Waals surface area (Å²) in [6.07, 6.45) is 6.66. The fourth-order valence-corrected chi connectivity index (χ4v) is 1.75. The standard InChI is InChI=1S/C15H16N4O2/c1-19-10-6-5-9-14(20)13(19)11-16-18-15(21)17-12-7-3-2-4-8-12/h2-9,11H,10H2,1H3,(H2,17,20,21)/p+1. The molecule has 1 aromatic rings. The highest BCUT2D eigenvalue weighted by atomic mass is 16.3. The van der Waals surface area contributed by atoms with Crippen molar-refractivity contribution in [3.8, 4) is 0 Å². The average molecular weight is 285 g/mol. The van der Waals surface area contributed by atoms with Gasteiger partial charge < -0.3 is 10.4 Å². The molecule has 6 heteroatoms. The Bertz CT molecular complexity index is 630. The summed E-state index contributed by atoms with van der Waals surface area (Å²) >= 11 is 0. The first kappa shape index (κ1) is 14.5. The lowest BCUT2D eigenvalue weighted by Crippen LogP contribution is -2.26. The molecular formula is C15H17N4O2+. The van der Waals surface area contributed by atoms with E-state index in [9.17, 15) is 9.90 Å². The van der Waals surface area contributed by atoms with Gasteiger partial charge in [-0.15, -0.1) is 0 Å². The molecule has 0 spiro atoms. The number of nitrogens with zero attached hydrogens (tertiary/aromatic N) is 2. The first-order valence-corrected chi connectivity index (χ1v) is 6.46. The number of hydrogen-bond acceptors (Lipinski definition) is 3. The topological polar surface area (TPSA) is 76.7 Å². The normalized spacial score (nSPS) is 14.8. The van der Waals surface area contributed by atoms with E-state index in [0.29, 0.717) is 17.9 Å². The van der Waals surface area contributed by atoms with Crippen molar-refractivity contribution in [3.05, 3.63) is 54.3 Å². The highest BCUT2D eigenvalue weighted by Crippen LogP contribution is 2.04. The summed E-state index contributed by atoms with van der Waals surface area (Å²) in [6, 6.07) is 8.62. The van der Waals surface area contributed by atoms with Crippen molar-refractivity contribution in [2.45, 2.75) is 0 Å². The van der Waals surface area contributed by atoms with Gasteiger partial charge in [0.1, 0.15) is 13.3 Å². The minimum absolute atomic E-state index is 0.0975. The summed E-state index contributed by atoms with van der Waals surface area (Å²) < 4.78 is 1.82. The summed E-state index contributed by atoms with van der Waals surface area (Å²) in [7, 11) is 1.82. The van der Waals surface area contributed by atoms with Gasteiger partial charge in [0, 0.05) is 5.69 Å². The van der Waals surface area contributed by atoms with Crippen LogP contribution in [-0.4, -0.2) is 41.2 Å². The molecule has 3 N–H and O–H groups in total. The van der Waals surface area contributed by atoms with E-state index in [1.807, 2.05) is 35.9 Å². The molecule has 21 heavy (non-hydrogen) atoms. The summed E-state index contributed by atoms with van der Waals surface area (Å²) in [5.74, 6) is 0.0975. The van der Waals surface area contributed by atoms with Crippen LogP contribution in [0.1, 0.15) is 0 Å². The lowest BCUT2D eigenvalue weighted by molar-refractivity contribution is -0.484. The third-order valence-electron chi connectivity index (χ3n) is 2.83. The molecule has 0 saturated heterocycles. The molecule has 0 unspecified atom stereocenters. The van der Waals surface area contributed by atoms with Crippen LogP contribution in [0.25, 0.3) is 0 Å². The summed E-state index contributed by atoms with van der Waals surface area (Å²) in [4.78, 5) is 11.6. The van der Waals surface area contributed by atoms with Crippen LogP contribution in [0.5, 0.6) is 0 Å². The average Bonchev–Trinajstić information content (AvgIpc) is 2.63. The Morgan fingerprint density at radius 3 is 2.90 bits per heavy atom. The van der Waals surface area contributed by atoms with E-state index in [4.69, 9.17) is 0 Å². The predicted molar refractivity (Wildman–Crippen MR) is 83.0 cm³/mol. The second-order valence-electron chi connectivity index (χ2n) is 4.44. The molecule has 2 rings (SSSR count). The number of amides is 2. The van der Waals surface area contributed by atoms with Crippen LogP contribution in [0, 0.1) is 0 Å². The Balaban J connectivity index is 1.94. The van der Waals surface area contributed by atoms with Crippen molar-refractivity contribution >= 4 is 23.6 Å². The van der Waals surface area contributed by atoms with Gasteiger partial charge in [-0.2, -0.15) is 5.10 Å². The Morgan fingerprint density at radius 1 is 1.38 bits per heavy atom. The van der Waals surface area contributed by atoms with Crippen molar-refractivity contribution < 1.29 is 14.5 Å². The molecule has 2 amide bonds. The fourth-order valence-electron chi connectivity index (χ4n) is 1.75. The van der Waals surface area contributed by atoms with E-state index < -0.39 is 6.03 Å². The number of nitrogens with one attached hydrogen (secondary N) is 2. The van der Waals surface area contributed by atoms with Gasteiger partial charge in [-0.1, -0.05) is 24.3 Å². The summed E-state index contributed by atoms with van der Waals surface area (Å²) in [5.41, 5.74) is 3.56. The van der Waals surface area contributed by atoms with Gasteiger partial charge in [0.25, 0.3) is 5.71 Å². The number of hydrogen-bond donors (Lipinski definition) is 3. The Kier molecular flexibility index (Phi) is 4.87. The van der Waals surface area contributed by atoms with Gasteiger partial charge in [-0.3, -0.25) is 0 Å². The molecule has 1 aromatic carbocycles. The first-order valence-electron chi connectivity index (χ1n) is 6.46. The van der Waals surface area contributed by atoms with E-state index >= 15 is 0 Å². The maximum atomic E-state index is 11.6. The largest absolute Gasteiger partial charge is 0.502 e. The fraction of sp³-hybridized carbons (Fsp3) is 0.133. The number of hydrazone groups is 1. The third kappa shape index (κ3) is 4.31. The van der Waals surface area contributed by atoms with Crippen LogP contribution in [0.4, 0.5) is 10.5 Å². The summed E-state index contributed by atoms with van der Waals surface area (Å²) in [6.45, 7) is 0.651. The SMILES string of the molecule is C[N+]1=C(/C=N/NC(=O)Nc2ccccc2)C(O)=CC=CC1. The molecular weight excluding hydrogens is 268 g/mol. The lowest BCUT2D eigenvalue weighted by Gasteiger charge is -2.03. The number of aliphatic hydroxyl groups excluding tert-OH is 1. The van der Waals surface area contributed by atoms with E-state index in [1.54, 1.807) is 24.3 Å². The zero-order valence-electron chi connectivity index (χ0n) is 11.7. The van der Waals surface area contributed by atoms with E-state index in [0.717, 1.165) is 0 Å². The van der Waals surface area contributed by atoms with E-state index in [2.05, 4.69) is 15.8 Å². The Morgan fingerprint density at radius 2 is 2.14 bits per heavy atom. The molecule has 0 fully saturated rings. The van der Waals surface area contributed by atoms with Crippen molar-refractivity contribution in [2.75, 3.05) is 18.9 Å². The number of aliphatic hydroxyl groups is 1. The van der Waals surface area contributed by atoms with Crippen LogP contribution in [0.3, 0.4) is 0 Å². The van der Waals surface area contributed by atoms with Crippen molar-refractivity contribution in [1.29, 1.82) is 0 Å². The molecule has 0 radical (unpaired) electrons. The van der Waals surface area contributed by atoms with Gasteiger partial charge in [0.05, 0.1) is 0 Å². The number of urea groups is 1. The van der Waals surface area contributed by atoms with Crippen molar-refractivity contribution in [2.24, 2.45) is 5.10 Å². The molecule has 0 saturated carbocycles. The zero-order chi connectivity index (χ0) is 15.1. The van der Waals surface area contributed by atoms with Gasteiger partial charge in [0.2, 0.25) is 0 Å². The van der Waals surface area contributed by atoms with Gasteiger partial charge in [-0.05, 0) is 24.3 Å². The minimum atomic E-state index is -0.448. The third-order valence-corrected chi connectivity index (χ3v) is 2.83. The quantitative estimate of drug-likeness (QED) is 0.450. The van der Waals surface area contributed by atoms with Crippen LogP contribution in [0.15, 0.2) is 59.4 Å². The smallest absolute Gasteiger partial charge is 0.339 e. The van der Waals surface area contributed by atoms with Crippen molar-refractivity contribution in [1.82, 2.24) is 5.43 Å². The van der Waals surface area contributed by atoms with E-state index in [1.165, 1.54) is 6.21 Å². The van der Waals surface area contributed by atoms with Gasteiger partial charge in [0.15, 0.2) is 12.3 Å². The first-order chi connectivity index (χ1) is 10.2. The number of anilines is 1. The van der Waals surface area contributed by atoms with Gasteiger partial charge >= 0.3 is 6.03 Å². The zero-order valence-corrected chi connectivity index (χ0v) is 11.7. The highest BCUT2D eigenvalue weighted by molar-refractivity contribution is 6.35. The second-order valence-corrected chi connectivity index (χ2v) is 4.44. The molecule has 1 heterocycles. The maximum absolute atomic E-state index is 11.6. The predicted octanol–water partition coefficient (Wildman–Crippen LogP) is 1.89. The van der Waals surface area contributed by atoms with Gasteiger partial charge in [-0.25, -0.2) is 14.8 Å². The number of benzene rings is 1. The molecule has 0 aromatic heterocycles. The molecule has 1 aliphatic rings. The Hall–Kier alpha value is -2.89. The summed E-state index contributed by atoms with van der Waals surface area (Å²) in [5, 5.41) is 16.3. The van der Waals surface area contributed by atoms with E-state index in [-0.39, 0.29) is 5.76 Å². The molecule has 0 bridgehead atoms. The monoisotopic (exact) mass is 285 g/mol. The number of allylic oxidation sites excluding steroid dienone is 3. The molecule has 6 nitrogen and oxygen atoms in total. The minimum Gasteiger partial charge on any atom is -0.502 e. The van der Waals surface area contributed by atoms with Crippen molar-refractivity contribution in [3.63, 3.8) is 0 Å². The number of rotatable bonds is 3. The van der Waals surface area contributed by atoms with Crippen LogP contribution >= 0.6 is 0 Å². The molecule has 0 atom stereocenters. The maximum Gasteiger partial charge on any atom is 0.339 e. The molecule has 1 aliphatic heterocycles. The Labute approximate surface area is 122 Å². The second kappa shape index (κ2) is 7.04. The van der Waals surface area contributed by atoms with Crippen LogP contribution in [0.2, 0.25) is 0 Å². The van der Waals surface area contributed by atoms with Crippen LogP contribution in [-0.2, 0) is 0 Å². The molecule has 108 valence electrons. The number of para-hydroxylation sites is 1. The molecule has 0 aliphatic carbocycles. The van der Waals surface area contributed by atoms with Crippen LogP contribution < -0.4 is 10.7 Å². The number of likely N-dealkylation sites (N-methyl/N-ethyl adjacent to an activating group) is 1. The lowest BCUT2D eigenvalue weighted by atomic mass is 10.3. The number of carbonyl (C=O) groups excluding carboxylic acids is 1. The number of carbonyl (C=O) groups is 1. The highest BCUT2D eigenvalue weighted by Gasteiger charge is 2.14.